The highest BCUT2D eigenvalue weighted by Gasteiger charge is 2.29. The van der Waals surface area contributed by atoms with Crippen LogP contribution in [-0.2, 0) is 28.7 Å². The van der Waals surface area contributed by atoms with Crippen LogP contribution in [0.25, 0.3) is 11.1 Å². The van der Waals surface area contributed by atoms with E-state index in [9.17, 15) is 18.0 Å². The van der Waals surface area contributed by atoms with Gasteiger partial charge in [-0.25, -0.2) is 0 Å². The second kappa shape index (κ2) is 7.49. The normalized spacial score (nSPS) is 11.4. The van der Waals surface area contributed by atoms with Gasteiger partial charge in [0, 0.05) is 6.54 Å². The molecule has 0 saturated heterocycles. The number of carbonyl (C=O) groups excluding carboxylic acids is 1. The molecule has 0 fully saturated rings. The number of hydrogen-bond acceptors (Lipinski definition) is 3. The summed E-state index contributed by atoms with van der Waals surface area (Å²) in [4.78, 5) is 11.6. The maximum atomic E-state index is 12.7. The monoisotopic (exact) mass is 337 g/mol. The minimum absolute atomic E-state index is 0.0926. The van der Waals surface area contributed by atoms with Gasteiger partial charge in [-0.05, 0) is 47.4 Å². The van der Waals surface area contributed by atoms with Gasteiger partial charge in [0.2, 0.25) is 0 Å². The lowest BCUT2D eigenvalue weighted by Crippen LogP contribution is -2.08. The molecule has 2 rings (SSSR count). The van der Waals surface area contributed by atoms with Gasteiger partial charge in [-0.2, -0.15) is 13.2 Å². The third-order valence-electron chi connectivity index (χ3n) is 3.49. The number of hydrogen-bond donors (Lipinski definition) is 1. The average molecular weight is 337 g/mol. The van der Waals surface area contributed by atoms with Crippen LogP contribution in [0.4, 0.5) is 13.2 Å². The first-order valence-corrected chi connectivity index (χ1v) is 7.49. The van der Waals surface area contributed by atoms with Gasteiger partial charge >= 0.3 is 12.1 Å². The van der Waals surface area contributed by atoms with Crippen molar-refractivity contribution in [2.24, 2.45) is 5.73 Å². The van der Waals surface area contributed by atoms with E-state index in [1.165, 1.54) is 12.1 Å². The molecule has 0 saturated carbocycles. The lowest BCUT2D eigenvalue weighted by atomic mass is 9.97. The molecule has 0 unspecified atom stereocenters. The molecule has 0 radical (unpaired) electrons. The van der Waals surface area contributed by atoms with Crippen molar-refractivity contribution in [3.8, 4) is 11.1 Å². The van der Waals surface area contributed by atoms with Crippen molar-refractivity contribution < 1.29 is 22.7 Å². The van der Waals surface area contributed by atoms with Crippen LogP contribution in [0.15, 0.2) is 42.5 Å². The van der Waals surface area contributed by atoms with E-state index in [-0.39, 0.29) is 18.9 Å². The van der Waals surface area contributed by atoms with Crippen molar-refractivity contribution in [3.63, 3.8) is 0 Å². The quantitative estimate of drug-likeness (QED) is 0.841. The maximum absolute atomic E-state index is 12.7. The Bertz CT molecular complexity index is 709. The van der Waals surface area contributed by atoms with Gasteiger partial charge < -0.3 is 10.5 Å². The van der Waals surface area contributed by atoms with E-state index in [4.69, 9.17) is 10.5 Å². The third-order valence-corrected chi connectivity index (χ3v) is 3.49. The fourth-order valence-corrected chi connectivity index (χ4v) is 2.38. The van der Waals surface area contributed by atoms with Crippen LogP contribution < -0.4 is 5.73 Å². The van der Waals surface area contributed by atoms with E-state index in [1.54, 1.807) is 25.1 Å². The predicted octanol–water partition coefficient (Wildman–Crippen LogP) is 3.94. The topological polar surface area (TPSA) is 52.3 Å². The molecule has 6 heteroatoms. The molecule has 128 valence electrons. The van der Waals surface area contributed by atoms with Gasteiger partial charge in [0.25, 0.3) is 0 Å². The molecule has 0 aliphatic heterocycles. The number of ether oxygens (including phenoxy) is 1. The van der Waals surface area contributed by atoms with Crippen molar-refractivity contribution >= 4 is 5.97 Å². The Kier molecular flexibility index (Phi) is 5.62. The van der Waals surface area contributed by atoms with Crippen LogP contribution in [0.2, 0.25) is 0 Å². The summed E-state index contributed by atoms with van der Waals surface area (Å²) in [6, 6.07) is 10.3. The van der Waals surface area contributed by atoms with E-state index < -0.39 is 11.7 Å². The summed E-state index contributed by atoms with van der Waals surface area (Å²) < 4.78 is 42.9. The molecule has 2 N–H and O–H groups in total. The second-order valence-corrected chi connectivity index (χ2v) is 5.30. The van der Waals surface area contributed by atoms with E-state index >= 15 is 0 Å². The zero-order valence-electron chi connectivity index (χ0n) is 13.2. The van der Waals surface area contributed by atoms with Crippen LogP contribution in [0.3, 0.4) is 0 Å². The largest absolute Gasteiger partial charge is 0.466 e. The average Bonchev–Trinajstić information content (AvgIpc) is 2.54. The van der Waals surface area contributed by atoms with E-state index in [1.807, 2.05) is 0 Å². The Labute approximate surface area is 138 Å². The molecule has 2 aromatic carbocycles. The van der Waals surface area contributed by atoms with Gasteiger partial charge in [-0.3, -0.25) is 4.79 Å². The number of halogens is 3. The molecule has 0 spiro atoms. The van der Waals surface area contributed by atoms with Gasteiger partial charge in [0.1, 0.15) is 0 Å². The van der Waals surface area contributed by atoms with Gasteiger partial charge in [-0.15, -0.1) is 0 Å². The highest BCUT2D eigenvalue weighted by Crippen LogP contribution is 2.31. The molecule has 3 nitrogen and oxygen atoms in total. The first kappa shape index (κ1) is 18.0. The Morgan fingerprint density at radius 3 is 2.21 bits per heavy atom. The number of benzene rings is 2. The molecule has 0 aliphatic carbocycles. The van der Waals surface area contributed by atoms with Gasteiger partial charge in [0.05, 0.1) is 18.6 Å². The number of esters is 1. The predicted molar refractivity (Wildman–Crippen MR) is 85.1 cm³/mol. The highest BCUT2D eigenvalue weighted by atomic mass is 19.4. The molecule has 24 heavy (non-hydrogen) atoms. The summed E-state index contributed by atoms with van der Waals surface area (Å²) in [6.07, 6.45) is -4.28. The molecular formula is C18H18F3NO2. The van der Waals surface area contributed by atoms with Crippen LogP contribution in [0, 0.1) is 0 Å². The standard InChI is InChI=1S/C18H18F3NO2/c1-2-24-17(23)10-12-7-13(11-22)9-15(8-12)14-3-5-16(6-4-14)18(19,20)21/h3-9H,2,10-11,22H2,1H3. The fourth-order valence-electron chi connectivity index (χ4n) is 2.38. The summed E-state index contributed by atoms with van der Waals surface area (Å²) in [6.45, 7) is 2.29. The van der Waals surface area contributed by atoms with Gasteiger partial charge in [-0.1, -0.05) is 24.3 Å². The summed E-state index contributed by atoms with van der Waals surface area (Å²) in [7, 11) is 0. The minimum atomic E-state index is -4.37. The van der Waals surface area contributed by atoms with Crippen molar-refractivity contribution in [1.29, 1.82) is 0 Å². The maximum Gasteiger partial charge on any atom is 0.416 e. The smallest absolute Gasteiger partial charge is 0.416 e. The number of nitrogens with two attached hydrogens (primary N) is 1. The Morgan fingerprint density at radius 1 is 1.04 bits per heavy atom. The van der Waals surface area contributed by atoms with E-state index in [0.717, 1.165) is 17.7 Å². The Hall–Kier alpha value is -2.34. The Balaban J connectivity index is 2.33. The first-order valence-electron chi connectivity index (χ1n) is 7.49. The summed E-state index contributed by atoms with van der Waals surface area (Å²) >= 11 is 0. The lowest BCUT2D eigenvalue weighted by Gasteiger charge is -2.11. The third kappa shape index (κ3) is 4.58. The van der Waals surface area contributed by atoms with Gasteiger partial charge in [0.15, 0.2) is 0 Å². The van der Waals surface area contributed by atoms with Crippen LogP contribution in [-0.4, -0.2) is 12.6 Å². The Morgan fingerprint density at radius 2 is 1.67 bits per heavy atom. The lowest BCUT2D eigenvalue weighted by molar-refractivity contribution is -0.142. The molecule has 0 bridgehead atoms. The summed E-state index contributed by atoms with van der Waals surface area (Å²) in [5.74, 6) is -0.356. The molecule has 2 aromatic rings. The fraction of sp³-hybridized carbons (Fsp3) is 0.278. The van der Waals surface area contributed by atoms with E-state index in [0.29, 0.717) is 23.3 Å². The van der Waals surface area contributed by atoms with Crippen LogP contribution in [0.5, 0.6) is 0 Å². The molecule has 0 aliphatic rings. The van der Waals surface area contributed by atoms with Crippen molar-refractivity contribution in [3.05, 3.63) is 59.2 Å². The SMILES string of the molecule is CCOC(=O)Cc1cc(CN)cc(-c2ccc(C(F)(F)F)cc2)c1. The number of rotatable bonds is 5. The first-order chi connectivity index (χ1) is 11.3. The zero-order valence-corrected chi connectivity index (χ0v) is 13.2. The molecule has 0 aromatic heterocycles. The summed E-state index contributed by atoms with van der Waals surface area (Å²) in [5, 5.41) is 0. The highest BCUT2D eigenvalue weighted by molar-refractivity contribution is 5.74. The van der Waals surface area contributed by atoms with Crippen LogP contribution in [0.1, 0.15) is 23.6 Å². The number of carbonyl (C=O) groups is 1. The molecule has 0 heterocycles. The van der Waals surface area contributed by atoms with E-state index in [2.05, 4.69) is 0 Å². The molecule has 0 amide bonds. The molecular weight excluding hydrogens is 319 g/mol. The van der Waals surface area contributed by atoms with Crippen LogP contribution >= 0.6 is 0 Å². The minimum Gasteiger partial charge on any atom is -0.466 e. The van der Waals surface area contributed by atoms with Crippen molar-refractivity contribution in [2.75, 3.05) is 6.61 Å². The molecule has 0 atom stereocenters. The van der Waals surface area contributed by atoms with Crippen molar-refractivity contribution in [2.45, 2.75) is 26.1 Å². The number of alkyl halides is 3. The van der Waals surface area contributed by atoms with Crippen molar-refractivity contribution in [1.82, 2.24) is 0 Å². The second-order valence-electron chi connectivity index (χ2n) is 5.30. The summed E-state index contributed by atoms with van der Waals surface area (Å²) in [5.41, 5.74) is 7.82. The zero-order chi connectivity index (χ0) is 17.7.